The van der Waals surface area contributed by atoms with Gasteiger partial charge in [-0.25, -0.2) is 0 Å². The summed E-state index contributed by atoms with van der Waals surface area (Å²) in [5, 5.41) is 0.468. The van der Waals surface area contributed by atoms with Gasteiger partial charge in [-0.2, -0.15) is 0 Å². The van der Waals surface area contributed by atoms with Crippen LogP contribution >= 0.6 is 11.6 Å². The van der Waals surface area contributed by atoms with Crippen molar-refractivity contribution in [1.82, 2.24) is 0 Å². The van der Waals surface area contributed by atoms with Gasteiger partial charge in [-0.3, -0.25) is 4.79 Å². The van der Waals surface area contributed by atoms with Crippen LogP contribution in [-0.2, 0) is 9.53 Å². The van der Waals surface area contributed by atoms with Crippen molar-refractivity contribution >= 4 is 23.3 Å². The van der Waals surface area contributed by atoms with Crippen molar-refractivity contribution < 1.29 is 9.53 Å². The topological polar surface area (TPSA) is 52.3 Å². The first-order valence-corrected chi connectivity index (χ1v) is 6.15. The van der Waals surface area contributed by atoms with Gasteiger partial charge in [0.25, 0.3) is 0 Å². The van der Waals surface area contributed by atoms with E-state index in [0.29, 0.717) is 17.3 Å². The van der Waals surface area contributed by atoms with E-state index < -0.39 is 0 Å². The van der Waals surface area contributed by atoms with Gasteiger partial charge in [-0.05, 0) is 31.0 Å². The summed E-state index contributed by atoms with van der Waals surface area (Å²) in [4.78, 5) is 11.7. The number of carbonyl (C=O) groups is 1. The number of hydrogen-bond donors (Lipinski definition) is 1. The average molecular weight is 256 g/mol. The predicted octanol–water partition coefficient (Wildman–Crippen LogP) is 3.37. The number of ether oxygens (including phenoxy) is 1. The van der Waals surface area contributed by atoms with Crippen LogP contribution < -0.4 is 5.73 Å². The molecule has 0 heterocycles. The third-order valence-corrected chi connectivity index (χ3v) is 2.95. The molecule has 1 aromatic carbocycles. The molecule has 0 aromatic heterocycles. The number of rotatable bonds is 5. The largest absolute Gasteiger partial charge is 0.465 e. The average Bonchev–Trinajstić information content (AvgIpc) is 2.32. The lowest BCUT2D eigenvalue weighted by atomic mass is 10.0. The van der Waals surface area contributed by atoms with Crippen LogP contribution in [0.3, 0.4) is 0 Å². The maximum atomic E-state index is 11.7. The third-order valence-electron chi connectivity index (χ3n) is 2.62. The third kappa shape index (κ3) is 3.93. The fraction of sp³-hybridized carbons (Fsp3) is 0.462. The van der Waals surface area contributed by atoms with E-state index >= 15 is 0 Å². The minimum atomic E-state index is -0.315. The van der Waals surface area contributed by atoms with Gasteiger partial charge in [0.2, 0.25) is 0 Å². The second-order valence-corrected chi connectivity index (χ2v) is 4.43. The molecule has 17 heavy (non-hydrogen) atoms. The van der Waals surface area contributed by atoms with Crippen LogP contribution in [0, 0.1) is 0 Å². The number of benzene rings is 1. The summed E-state index contributed by atoms with van der Waals surface area (Å²) in [5.41, 5.74) is 6.96. The Morgan fingerprint density at radius 3 is 2.82 bits per heavy atom. The zero-order chi connectivity index (χ0) is 12.8. The lowest BCUT2D eigenvalue weighted by Gasteiger charge is -2.12. The molecule has 0 aliphatic heterocycles. The van der Waals surface area contributed by atoms with E-state index in [0.717, 1.165) is 18.4 Å². The Labute approximate surface area is 107 Å². The quantitative estimate of drug-likeness (QED) is 0.499. The molecule has 1 aromatic rings. The highest BCUT2D eigenvalue weighted by atomic mass is 35.5. The first-order chi connectivity index (χ1) is 8.06. The molecule has 0 aliphatic carbocycles. The molecule has 0 saturated heterocycles. The molecule has 1 unspecified atom stereocenters. The summed E-state index contributed by atoms with van der Waals surface area (Å²) in [6, 6.07) is 5.21. The Balaban J connectivity index is 2.65. The number of anilines is 1. The molecular weight excluding hydrogens is 238 g/mol. The molecule has 1 rings (SSSR count). The Morgan fingerprint density at radius 2 is 2.24 bits per heavy atom. The van der Waals surface area contributed by atoms with Crippen LogP contribution in [0.4, 0.5) is 5.69 Å². The van der Waals surface area contributed by atoms with Gasteiger partial charge in [-0.1, -0.05) is 31.0 Å². The Morgan fingerprint density at radius 1 is 1.53 bits per heavy atom. The Kier molecular flexibility index (Phi) is 5.29. The van der Waals surface area contributed by atoms with Crippen molar-refractivity contribution in [2.24, 2.45) is 0 Å². The minimum absolute atomic E-state index is 0.223. The van der Waals surface area contributed by atoms with Crippen molar-refractivity contribution in [1.29, 1.82) is 0 Å². The van der Waals surface area contributed by atoms with Gasteiger partial charge < -0.3 is 10.5 Å². The summed E-state index contributed by atoms with van der Waals surface area (Å²) >= 11 is 5.91. The first-order valence-electron chi connectivity index (χ1n) is 5.77. The van der Waals surface area contributed by atoms with Gasteiger partial charge in [-0.15, -0.1) is 0 Å². The predicted molar refractivity (Wildman–Crippen MR) is 70.1 cm³/mol. The molecule has 4 heteroatoms. The maximum Gasteiger partial charge on any atom is 0.313 e. The lowest BCUT2D eigenvalue weighted by molar-refractivity contribution is -0.145. The highest BCUT2D eigenvalue weighted by Gasteiger charge is 2.17. The number of nitrogen functional groups attached to an aromatic ring is 1. The molecule has 0 bridgehead atoms. The number of unbranched alkanes of at least 4 members (excludes halogenated alkanes) is 1. The highest BCUT2D eigenvalue weighted by molar-refractivity contribution is 6.33. The Bertz CT molecular complexity index is 393. The van der Waals surface area contributed by atoms with E-state index in [1.807, 2.05) is 0 Å². The number of carbonyl (C=O) groups excluding carboxylic acids is 1. The van der Waals surface area contributed by atoms with Gasteiger partial charge in [0.05, 0.1) is 23.2 Å². The molecule has 0 saturated carbocycles. The number of nitrogens with two attached hydrogens (primary N) is 1. The van der Waals surface area contributed by atoms with Crippen LogP contribution in [0.1, 0.15) is 38.2 Å². The molecule has 94 valence electrons. The van der Waals surface area contributed by atoms with E-state index in [9.17, 15) is 4.79 Å². The molecule has 3 nitrogen and oxygen atoms in total. The van der Waals surface area contributed by atoms with Crippen LogP contribution in [0.5, 0.6) is 0 Å². The summed E-state index contributed by atoms with van der Waals surface area (Å²) < 4.78 is 5.16. The van der Waals surface area contributed by atoms with E-state index in [2.05, 4.69) is 6.92 Å². The van der Waals surface area contributed by atoms with Crippen LogP contribution in [0.15, 0.2) is 18.2 Å². The molecule has 2 N–H and O–H groups in total. The molecular formula is C13H18ClNO2. The molecule has 0 spiro atoms. The summed E-state index contributed by atoms with van der Waals surface area (Å²) in [5.74, 6) is -0.538. The monoisotopic (exact) mass is 255 g/mol. The first kappa shape index (κ1) is 13.8. The second-order valence-electron chi connectivity index (χ2n) is 4.02. The van der Waals surface area contributed by atoms with Crippen molar-refractivity contribution in [3.8, 4) is 0 Å². The second kappa shape index (κ2) is 6.50. The zero-order valence-corrected chi connectivity index (χ0v) is 11.0. The highest BCUT2D eigenvalue weighted by Crippen LogP contribution is 2.25. The van der Waals surface area contributed by atoms with Gasteiger partial charge in [0.15, 0.2) is 0 Å². The van der Waals surface area contributed by atoms with Crippen LogP contribution in [0.2, 0.25) is 5.02 Å². The molecule has 0 radical (unpaired) electrons. The van der Waals surface area contributed by atoms with E-state index in [1.54, 1.807) is 25.1 Å². The minimum Gasteiger partial charge on any atom is -0.465 e. The van der Waals surface area contributed by atoms with Crippen molar-refractivity contribution in [3.63, 3.8) is 0 Å². The molecule has 0 fully saturated rings. The Hall–Kier alpha value is -1.22. The lowest BCUT2D eigenvalue weighted by Crippen LogP contribution is -2.14. The van der Waals surface area contributed by atoms with Crippen molar-refractivity contribution in [3.05, 3.63) is 28.8 Å². The van der Waals surface area contributed by atoms with Gasteiger partial charge in [0.1, 0.15) is 0 Å². The number of hydrogen-bond acceptors (Lipinski definition) is 3. The summed E-state index contributed by atoms with van der Waals surface area (Å²) in [7, 11) is 0. The summed E-state index contributed by atoms with van der Waals surface area (Å²) in [6.07, 6.45) is 1.90. The SMILES string of the molecule is CCCCOC(=O)C(C)c1ccc(N)c(Cl)c1. The van der Waals surface area contributed by atoms with Crippen LogP contribution in [0.25, 0.3) is 0 Å². The molecule has 1 atom stereocenters. The van der Waals surface area contributed by atoms with Gasteiger partial charge >= 0.3 is 5.97 Å². The van der Waals surface area contributed by atoms with Gasteiger partial charge in [0, 0.05) is 0 Å². The van der Waals surface area contributed by atoms with E-state index in [1.165, 1.54) is 0 Å². The smallest absolute Gasteiger partial charge is 0.313 e. The van der Waals surface area contributed by atoms with Crippen molar-refractivity contribution in [2.45, 2.75) is 32.6 Å². The normalized spacial score (nSPS) is 12.2. The fourth-order valence-corrected chi connectivity index (χ4v) is 1.58. The fourth-order valence-electron chi connectivity index (χ4n) is 1.39. The molecule has 0 aliphatic rings. The molecule has 0 amide bonds. The maximum absolute atomic E-state index is 11.7. The number of esters is 1. The van der Waals surface area contributed by atoms with Crippen LogP contribution in [-0.4, -0.2) is 12.6 Å². The zero-order valence-electron chi connectivity index (χ0n) is 10.2. The summed E-state index contributed by atoms with van der Waals surface area (Å²) in [6.45, 7) is 4.33. The van der Waals surface area contributed by atoms with E-state index in [4.69, 9.17) is 22.1 Å². The van der Waals surface area contributed by atoms with Crippen molar-refractivity contribution in [2.75, 3.05) is 12.3 Å². The van der Waals surface area contributed by atoms with E-state index in [-0.39, 0.29) is 11.9 Å². The standard InChI is InChI=1S/C13H18ClNO2/c1-3-4-7-17-13(16)9(2)10-5-6-12(15)11(14)8-10/h5-6,8-9H,3-4,7,15H2,1-2H3. The number of halogens is 1.